The van der Waals surface area contributed by atoms with E-state index in [1.54, 1.807) is 12.1 Å². The van der Waals surface area contributed by atoms with Crippen LogP contribution in [-0.4, -0.2) is 44.6 Å². The molecule has 1 amide bonds. The zero-order valence-electron chi connectivity index (χ0n) is 15.0. The molecule has 25 heavy (non-hydrogen) atoms. The van der Waals surface area contributed by atoms with Crippen molar-refractivity contribution in [3.8, 4) is 5.75 Å². The van der Waals surface area contributed by atoms with Crippen LogP contribution in [0.5, 0.6) is 5.75 Å². The molecule has 0 unspecified atom stereocenters. The van der Waals surface area contributed by atoms with Gasteiger partial charge < -0.3 is 14.5 Å². The zero-order chi connectivity index (χ0) is 18.2. The Morgan fingerprint density at radius 3 is 2.40 bits per heavy atom. The standard InChI is InChI=1S/C20H25FN2O2/c1-4-23(14-7-15-25-17-12-10-16(21)11-13-17)20(24)18-8-5-6-9-19(18)22(2)3/h5-6,8-13H,4,7,14-15H2,1-3H3. The van der Waals surface area contributed by atoms with E-state index >= 15 is 0 Å². The lowest BCUT2D eigenvalue weighted by Gasteiger charge is -2.24. The number of benzene rings is 2. The number of hydrogen-bond donors (Lipinski definition) is 0. The molecular formula is C20H25FN2O2. The van der Waals surface area contributed by atoms with Crippen LogP contribution < -0.4 is 9.64 Å². The Morgan fingerprint density at radius 2 is 1.76 bits per heavy atom. The molecule has 0 radical (unpaired) electrons. The van der Waals surface area contributed by atoms with Crippen LogP contribution in [0.1, 0.15) is 23.7 Å². The number of amides is 1. The lowest BCUT2D eigenvalue weighted by molar-refractivity contribution is 0.0756. The average molecular weight is 344 g/mol. The highest BCUT2D eigenvalue weighted by molar-refractivity contribution is 5.99. The third kappa shape index (κ3) is 5.21. The first-order valence-electron chi connectivity index (χ1n) is 8.47. The van der Waals surface area contributed by atoms with Crippen LogP contribution in [-0.2, 0) is 0 Å². The topological polar surface area (TPSA) is 32.8 Å². The number of carbonyl (C=O) groups excluding carboxylic acids is 1. The maximum atomic E-state index is 12.9. The van der Waals surface area contributed by atoms with Crippen molar-refractivity contribution in [2.75, 3.05) is 38.7 Å². The number of nitrogens with zero attached hydrogens (tertiary/aromatic N) is 2. The van der Waals surface area contributed by atoms with Gasteiger partial charge in [0.25, 0.3) is 5.91 Å². The van der Waals surface area contributed by atoms with E-state index in [0.717, 1.165) is 5.69 Å². The second kappa shape index (κ2) is 9.06. The summed E-state index contributed by atoms with van der Waals surface area (Å²) < 4.78 is 18.5. The van der Waals surface area contributed by atoms with Gasteiger partial charge in [0.15, 0.2) is 0 Å². The summed E-state index contributed by atoms with van der Waals surface area (Å²) in [7, 11) is 3.86. The van der Waals surface area contributed by atoms with Crippen molar-refractivity contribution in [3.63, 3.8) is 0 Å². The van der Waals surface area contributed by atoms with Gasteiger partial charge in [-0.25, -0.2) is 4.39 Å². The number of hydrogen-bond acceptors (Lipinski definition) is 3. The van der Waals surface area contributed by atoms with Crippen LogP contribution in [0.3, 0.4) is 0 Å². The molecule has 0 N–H and O–H groups in total. The predicted octanol–water partition coefficient (Wildman–Crippen LogP) is 3.82. The van der Waals surface area contributed by atoms with Gasteiger partial charge in [0.1, 0.15) is 11.6 Å². The number of para-hydroxylation sites is 1. The van der Waals surface area contributed by atoms with E-state index in [-0.39, 0.29) is 11.7 Å². The van der Waals surface area contributed by atoms with Crippen LogP contribution in [0, 0.1) is 5.82 Å². The summed E-state index contributed by atoms with van der Waals surface area (Å²) in [4.78, 5) is 16.6. The van der Waals surface area contributed by atoms with Crippen LogP contribution in [0.2, 0.25) is 0 Å². The van der Waals surface area contributed by atoms with E-state index in [4.69, 9.17) is 4.74 Å². The van der Waals surface area contributed by atoms with Crippen LogP contribution >= 0.6 is 0 Å². The van der Waals surface area contributed by atoms with Crippen LogP contribution in [0.15, 0.2) is 48.5 Å². The molecule has 0 spiro atoms. The van der Waals surface area contributed by atoms with Crippen molar-refractivity contribution >= 4 is 11.6 Å². The first-order valence-corrected chi connectivity index (χ1v) is 8.47. The molecule has 0 aliphatic heterocycles. The predicted molar refractivity (Wildman–Crippen MR) is 98.9 cm³/mol. The molecule has 0 fully saturated rings. The van der Waals surface area contributed by atoms with Gasteiger partial charge in [-0.05, 0) is 49.7 Å². The van der Waals surface area contributed by atoms with Crippen molar-refractivity contribution < 1.29 is 13.9 Å². The molecule has 2 rings (SSSR count). The SMILES string of the molecule is CCN(CCCOc1ccc(F)cc1)C(=O)c1ccccc1N(C)C. The molecule has 2 aromatic carbocycles. The van der Waals surface area contributed by atoms with Crippen molar-refractivity contribution in [3.05, 3.63) is 59.9 Å². The van der Waals surface area contributed by atoms with Crippen molar-refractivity contribution in [2.45, 2.75) is 13.3 Å². The molecule has 0 aromatic heterocycles. The Hall–Kier alpha value is -2.56. The lowest BCUT2D eigenvalue weighted by atomic mass is 10.1. The number of rotatable bonds is 8. The van der Waals surface area contributed by atoms with Gasteiger partial charge in [-0.3, -0.25) is 4.79 Å². The molecule has 5 heteroatoms. The second-order valence-corrected chi connectivity index (χ2v) is 5.95. The Kier molecular flexibility index (Phi) is 6.81. The van der Waals surface area contributed by atoms with Crippen molar-refractivity contribution in [1.29, 1.82) is 0 Å². The van der Waals surface area contributed by atoms with E-state index in [9.17, 15) is 9.18 Å². The number of halogens is 1. The molecule has 4 nitrogen and oxygen atoms in total. The van der Waals surface area contributed by atoms with Gasteiger partial charge in [0.2, 0.25) is 0 Å². The Bertz CT molecular complexity index is 686. The summed E-state index contributed by atoms with van der Waals surface area (Å²) in [5.41, 5.74) is 1.61. The summed E-state index contributed by atoms with van der Waals surface area (Å²) in [5, 5.41) is 0. The van der Waals surface area contributed by atoms with Crippen LogP contribution in [0.4, 0.5) is 10.1 Å². The minimum absolute atomic E-state index is 0.0218. The van der Waals surface area contributed by atoms with E-state index in [0.29, 0.717) is 37.4 Å². The molecule has 0 atom stereocenters. The maximum absolute atomic E-state index is 12.9. The molecule has 0 aliphatic carbocycles. The fourth-order valence-corrected chi connectivity index (χ4v) is 2.59. The van der Waals surface area contributed by atoms with Gasteiger partial charge in [-0.2, -0.15) is 0 Å². The average Bonchev–Trinajstić information content (AvgIpc) is 2.62. The summed E-state index contributed by atoms with van der Waals surface area (Å²) in [5.74, 6) is 0.372. The van der Waals surface area contributed by atoms with Gasteiger partial charge in [0.05, 0.1) is 12.2 Å². The molecular weight excluding hydrogens is 319 g/mol. The molecule has 0 heterocycles. The second-order valence-electron chi connectivity index (χ2n) is 5.95. The smallest absolute Gasteiger partial charge is 0.255 e. The third-order valence-corrected chi connectivity index (χ3v) is 3.94. The highest BCUT2D eigenvalue weighted by Crippen LogP contribution is 2.20. The van der Waals surface area contributed by atoms with E-state index in [1.165, 1.54) is 12.1 Å². The van der Waals surface area contributed by atoms with Gasteiger partial charge in [-0.15, -0.1) is 0 Å². The van der Waals surface area contributed by atoms with Gasteiger partial charge in [-0.1, -0.05) is 12.1 Å². The summed E-state index contributed by atoms with van der Waals surface area (Å²) >= 11 is 0. The Morgan fingerprint density at radius 1 is 1.08 bits per heavy atom. The number of carbonyl (C=O) groups is 1. The maximum Gasteiger partial charge on any atom is 0.255 e. The van der Waals surface area contributed by atoms with Gasteiger partial charge in [0, 0.05) is 32.9 Å². The quantitative estimate of drug-likeness (QED) is 0.683. The minimum atomic E-state index is -0.283. The molecule has 2 aromatic rings. The van der Waals surface area contributed by atoms with Crippen molar-refractivity contribution in [2.24, 2.45) is 0 Å². The van der Waals surface area contributed by atoms with E-state index in [1.807, 2.05) is 55.1 Å². The minimum Gasteiger partial charge on any atom is -0.494 e. The normalized spacial score (nSPS) is 10.4. The Balaban J connectivity index is 1.91. The fraction of sp³-hybridized carbons (Fsp3) is 0.350. The van der Waals surface area contributed by atoms with Crippen molar-refractivity contribution in [1.82, 2.24) is 4.90 Å². The Labute approximate surface area is 148 Å². The highest BCUT2D eigenvalue weighted by atomic mass is 19.1. The molecule has 0 saturated carbocycles. The molecule has 134 valence electrons. The highest BCUT2D eigenvalue weighted by Gasteiger charge is 2.18. The lowest BCUT2D eigenvalue weighted by Crippen LogP contribution is -2.33. The molecule has 0 bridgehead atoms. The summed E-state index contributed by atoms with van der Waals surface area (Å²) in [6.45, 7) is 3.69. The third-order valence-electron chi connectivity index (χ3n) is 3.94. The van der Waals surface area contributed by atoms with E-state index in [2.05, 4.69) is 0 Å². The monoisotopic (exact) mass is 344 g/mol. The number of ether oxygens (including phenoxy) is 1. The van der Waals surface area contributed by atoms with E-state index < -0.39 is 0 Å². The first kappa shape index (κ1) is 18.8. The largest absolute Gasteiger partial charge is 0.494 e. The fourth-order valence-electron chi connectivity index (χ4n) is 2.59. The summed E-state index contributed by atoms with van der Waals surface area (Å²) in [6.07, 6.45) is 0.709. The molecule has 0 saturated heterocycles. The zero-order valence-corrected chi connectivity index (χ0v) is 15.0. The van der Waals surface area contributed by atoms with Crippen LogP contribution in [0.25, 0.3) is 0 Å². The number of anilines is 1. The first-order chi connectivity index (χ1) is 12.0. The van der Waals surface area contributed by atoms with Gasteiger partial charge >= 0.3 is 0 Å². The summed E-state index contributed by atoms with van der Waals surface area (Å²) in [6, 6.07) is 13.6. The molecule has 0 aliphatic rings.